The first-order valence-corrected chi connectivity index (χ1v) is 9.15. The molecular formula is C16H27NO2S. The van der Waals surface area contributed by atoms with Gasteiger partial charge in [0.05, 0.1) is 11.0 Å². The predicted molar refractivity (Wildman–Crippen MR) is 85.8 cm³/mol. The Kier molecular flexibility index (Phi) is 6.69. The van der Waals surface area contributed by atoms with Crippen LogP contribution >= 0.6 is 0 Å². The van der Waals surface area contributed by atoms with E-state index in [2.05, 4.69) is 24.4 Å². The van der Waals surface area contributed by atoms with Crippen LogP contribution in [0.2, 0.25) is 0 Å². The second kappa shape index (κ2) is 7.79. The van der Waals surface area contributed by atoms with E-state index in [0.717, 1.165) is 24.8 Å². The summed E-state index contributed by atoms with van der Waals surface area (Å²) in [6, 6.07) is 8.07. The monoisotopic (exact) mass is 297 g/mol. The maximum Gasteiger partial charge on any atom is 0.154 e. The lowest BCUT2D eigenvalue weighted by Gasteiger charge is -2.24. The highest BCUT2D eigenvalue weighted by atomic mass is 32.2. The number of unbranched alkanes of at least 4 members (excludes halogenated alkanes) is 1. The molecule has 0 saturated heterocycles. The fourth-order valence-electron chi connectivity index (χ4n) is 2.37. The fraction of sp³-hybridized carbons (Fsp3) is 0.625. The van der Waals surface area contributed by atoms with Gasteiger partial charge in [0.15, 0.2) is 9.84 Å². The van der Waals surface area contributed by atoms with Gasteiger partial charge in [0, 0.05) is 6.04 Å². The van der Waals surface area contributed by atoms with Crippen LogP contribution in [0.3, 0.4) is 0 Å². The molecule has 0 aromatic heterocycles. The number of aryl methyl sites for hydroxylation is 1. The number of hydrogen-bond acceptors (Lipinski definition) is 3. The van der Waals surface area contributed by atoms with Crippen molar-refractivity contribution in [2.75, 3.05) is 12.8 Å². The molecule has 114 valence electrons. The molecule has 1 rings (SSSR count). The molecule has 0 radical (unpaired) electrons. The second-order valence-corrected chi connectivity index (χ2v) is 7.76. The Labute approximate surface area is 123 Å². The third-order valence-electron chi connectivity index (χ3n) is 3.88. The number of rotatable bonds is 8. The van der Waals surface area contributed by atoms with Gasteiger partial charge in [0.2, 0.25) is 0 Å². The lowest BCUT2D eigenvalue weighted by atomic mass is 10.0. The maximum atomic E-state index is 12.3. The van der Waals surface area contributed by atoms with Gasteiger partial charge in [-0.1, -0.05) is 44.5 Å². The normalized spacial score (nSPS) is 15.0. The molecule has 0 bridgehead atoms. The van der Waals surface area contributed by atoms with E-state index in [0.29, 0.717) is 0 Å². The largest absolute Gasteiger partial charge is 0.312 e. The number of hydrogen-bond donors (Lipinski definition) is 1. The average molecular weight is 297 g/mol. The van der Waals surface area contributed by atoms with Crippen molar-refractivity contribution >= 4 is 9.84 Å². The summed E-state index contributed by atoms with van der Waals surface area (Å²) in [4.78, 5) is 0. The van der Waals surface area contributed by atoms with Gasteiger partial charge in [-0.25, -0.2) is 8.42 Å². The van der Waals surface area contributed by atoms with Crippen molar-refractivity contribution in [2.45, 2.75) is 51.3 Å². The van der Waals surface area contributed by atoms with Crippen molar-refractivity contribution < 1.29 is 8.42 Å². The van der Waals surface area contributed by atoms with Crippen molar-refractivity contribution in [3.05, 3.63) is 35.4 Å². The van der Waals surface area contributed by atoms with Crippen LogP contribution in [0.15, 0.2) is 24.3 Å². The van der Waals surface area contributed by atoms with Crippen molar-refractivity contribution in [2.24, 2.45) is 0 Å². The zero-order valence-electron chi connectivity index (χ0n) is 13.0. The standard InChI is InChI=1S/C16H27NO2S/c1-5-7-12-20(18,19)13(3)16(17-4)15-10-8-14(6-2)9-11-15/h8-11,13,16-17H,5-7,12H2,1-4H3. The summed E-state index contributed by atoms with van der Waals surface area (Å²) < 4.78 is 24.7. The van der Waals surface area contributed by atoms with Gasteiger partial charge in [-0.05, 0) is 37.9 Å². The van der Waals surface area contributed by atoms with Crippen LogP contribution in [0, 0.1) is 0 Å². The van der Waals surface area contributed by atoms with Crippen LogP contribution < -0.4 is 5.32 Å². The van der Waals surface area contributed by atoms with Crippen LogP contribution in [0.25, 0.3) is 0 Å². The first-order chi connectivity index (χ1) is 9.46. The molecule has 1 N–H and O–H groups in total. The maximum absolute atomic E-state index is 12.3. The molecule has 1 aromatic carbocycles. The highest BCUT2D eigenvalue weighted by Gasteiger charge is 2.28. The van der Waals surface area contributed by atoms with E-state index in [-0.39, 0.29) is 11.8 Å². The summed E-state index contributed by atoms with van der Waals surface area (Å²) in [5.74, 6) is 0.274. The van der Waals surface area contributed by atoms with Gasteiger partial charge >= 0.3 is 0 Å². The molecule has 0 amide bonds. The van der Waals surface area contributed by atoms with Crippen LogP contribution in [-0.4, -0.2) is 26.5 Å². The molecule has 3 nitrogen and oxygen atoms in total. The zero-order valence-corrected chi connectivity index (χ0v) is 13.8. The molecular weight excluding hydrogens is 270 g/mol. The predicted octanol–water partition coefficient (Wildman–Crippen LogP) is 3.11. The highest BCUT2D eigenvalue weighted by molar-refractivity contribution is 7.92. The Morgan fingerprint density at radius 1 is 1.15 bits per heavy atom. The minimum absolute atomic E-state index is 0.150. The Hall–Kier alpha value is -0.870. The van der Waals surface area contributed by atoms with Crippen LogP contribution in [0.4, 0.5) is 0 Å². The molecule has 2 unspecified atom stereocenters. The quantitative estimate of drug-likeness (QED) is 0.802. The Morgan fingerprint density at radius 3 is 2.20 bits per heavy atom. The zero-order chi connectivity index (χ0) is 15.2. The van der Waals surface area contributed by atoms with Gasteiger partial charge in [0.25, 0.3) is 0 Å². The van der Waals surface area contributed by atoms with E-state index >= 15 is 0 Å². The smallest absolute Gasteiger partial charge is 0.154 e. The van der Waals surface area contributed by atoms with Crippen molar-refractivity contribution in [3.8, 4) is 0 Å². The second-order valence-electron chi connectivity index (χ2n) is 5.29. The van der Waals surface area contributed by atoms with E-state index in [1.54, 1.807) is 6.92 Å². The Bertz CT molecular complexity index is 494. The summed E-state index contributed by atoms with van der Waals surface area (Å²) in [5, 5.41) is 2.75. The van der Waals surface area contributed by atoms with E-state index < -0.39 is 15.1 Å². The molecule has 0 fully saturated rings. The topological polar surface area (TPSA) is 46.2 Å². The number of nitrogens with one attached hydrogen (secondary N) is 1. The number of benzene rings is 1. The third-order valence-corrected chi connectivity index (χ3v) is 6.14. The molecule has 0 saturated carbocycles. The first kappa shape index (κ1) is 17.2. The van der Waals surface area contributed by atoms with Crippen molar-refractivity contribution in [3.63, 3.8) is 0 Å². The summed E-state index contributed by atoms with van der Waals surface area (Å²) in [5.41, 5.74) is 2.31. The summed E-state index contributed by atoms with van der Waals surface area (Å²) in [6.45, 7) is 5.93. The van der Waals surface area contributed by atoms with Crippen molar-refractivity contribution in [1.82, 2.24) is 5.32 Å². The van der Waals surface area contributed by atoms with Gasteiger partial charge in [-0.2, -0.15) is 0 Å². The third kappa shape index (κ3) is 4.32. The number of sulfone groups is 1. The van der Waals surface area contributed by atoms with E-state index in [1.165, 1.54) is 5.56 Å². The van der Waals surface area contributed by atoms with E-state index in [4.69, 9.17) is 0 Å². The lowest BCUT2D eigenvalue weighted by Crippen LogP contribution is -2.34. The fourth-order valence-corrected chi connectivity index (χ4v) is 4.14. The van der Waals surface area contributed by atoms with Gasteiger partial charge in [0.1, 0.15) is 0 Å². The SMILES string of the molecule is CCCCS(=O)(=O)C(C)C(NC)c1ccc(CC)cc1. The Balaban J connectivity index is 2.93. The van der Waals surface area contributed by atoms with Crippen LogP contribution in [0.1, 0.15) is 50.8 Å². The molecule has 20 heavy (non-hydrogen) atoms. The molecule has 0 aliphatic rings. The van der Waals surface area contributed by atoms with E-state index in [1.807, 2.05) is 26.1 Å². The molecule has 1 aromatic rings. The molecule has 0 aliphatic carbocycles. The molecule has 0 heterocycles. The average Bonchev–Trinajstić information content (AvgIpc) is 2.46. The molecule has 2 atom stereocenters. The summed E-state index contributed by atoms with van der Waals surface area (Å²) in [7, 11) is -1.24. The Morgan fingerprint density at radius 2 is 1.75 bits per heavy atom. The lowest BCUT2D eigenvalue weighted by molar-refractivity contribution is 0.529. The molecule has 4 heteroatoms. The minimum Gasteiger partial charge on any atom is -0.312 e. The summed E-state index contributed by atoms with van der Waals surface area (Å²) in [6.07, 6.45) is 2.63. The highest BCUT2D eigenvalue weighted by Crippen LogP contribution is 2.23. The molecule has 0 spiro atoms. The van der Waals surface area contributed by atoms with Crippen LogP contribution in [0.5, 0.6) is 0 Å². The summed E-state index contributed by atoms with van der Waals surface area (Å²) >= 11 is 0. The van der Waals surface area contributed by atoms with Crippen molar-refractivity contribution in [1.29, 1.82) is 0 Å². The van der Waals surface area contributed by atoms with Gasteiger partial charge < -0.3 is 5.32 Å². The minimum atomic E-state index is -3.06. The molecule has 0 aliphatic heterocycles. The van der Waals surface area contributed by atoms with Gasteiger partial charge in [-0.3, -0.25) is 0 Å². The van der Waals surface area contributed by atoms with Crippen LogP contribution in [-0.2, 0) is 16.3 Å². The van der Waals surface area contributed by atoms with E-state index in [9.17, 15) is 8.42 Å². The van der Waals surface area contributed by atoms with Gasteiger partial charge in [-0.15, -0.1) is 0 Å². The first-order valence-electron chi connectivity index (χ1n) is 7.43.